The van der Waals surface area contributed by atoms with Crippen molar-refractivity contribution in [3.05, 3.63) is 58.0 Å². The second kappa shape index (κ2) is 6.54. The van der Waals surface area contributed by atoms with Crippen LogP contribution in [-0.2, 0) is 10.0 Å². The van der Waals surface area contributed by atoms with Gasteiger partial charge in [0.1, 0.15) is 0 Å². The van der Waals surface area contributed by atoms with E-state index < -0.39 is 10.0 Å². The Bertz CT molecular complexity index is 1160. The third kappa shape index (κ3) is 3.26. The maximum absolute atomic E-state index is 13.0. The first-order valence-electron chi connectivity index (χ1n) is 8.89. The van der Waals surface area contributed by atoms with Crippen molar-refractivity contribution in [2.75, 3.05) is 31.1 Å². The molecule has 1 aliphatic rings. The van der Waals surface area contributed by atoms with E-state index in [0.29, 0.717) is 37.2 Å². The van der Waals surface area contributed by atoms with Crippen molar-refractivity contribution < 1.29 is 8.42 Å². The number of imidazole rings is 1. The molecule has 4 rings (SSSR count). The number of aromatic amines is 2. The number of benzene rings is 2. The maximum Gasteiger partial charge on any atom is 0.323 e. The second-order valence-corrected chi connectivity index (χ2v) is 8.91. The molecule has 0 radical (unpaired) electrons. The minimum absolute atomic E-state index is 0.199. The van der Waals surface area contributed by atoms with Crippen LogP contribution in [0.1, 0.15) is 11.1 Å². The molecular formula is C19H22N4O3S. The minimum Gasteiger partial charge on any atom is -0.369 e. The van der Waals surface area contributed by atoms with Crippen molar-refractivity contribution in [1.82, 2.24) is 14.3 Å². The minimum atomic E-state index is -3.60. The molecule has 1 saturated heterocycles. The van der Waals surface area contributed by atoms with Crippen LogP contribution < -0.4 is 10.6 Å². The van der Waals surface area contributed by atoms with Crippen LogP contribution in [0.2, 0.25) is 0 Å². The Morgan fingerprint density at radius 1 is 0.889 bits per heavy atom. The van der Waals surface area contributed by atoms with Crippen LogP contribution in [-0.4, -0.2) is 48.9 Å². The van der Waals surface area contributed by atoms with Crippen LogP contribution in [0.5, 0.6) is 0 Å². The summed E-state index contributed by atoms with van der Waals surface area (Å²) in [5.41, 5.74) is 4.32. The highest BCUT2D eigenvalue weighted by molar-refractivity contribution is 7.89. The Morgan fingerprint density at radius 2 is 1.59 bits per heavy atom. The topological polar surface area (TPSA) is 89.3 Å². The molecule has 1 aliphatic heterocycles. The van der Waals surface area contributed by atoms with Gasteiger partial charge in [0.25, 0.3) is 0 Å². The molecule has 0 spiro atoms. The van der Waals surface area contributed by atoms with Gasteiger partial charge in [-0.3, -0.25) is 0 Å². The summed E-state index contributed by atoms with van der Waals surface area (Å²) in [5, 5.41) is 0. The third-order valence-electron chi connectivity index (χ3n) is 5.06. The van der Waals surface area contributed by atoms with Gasteiger partial charge in [-0.15, -0.1) is 0 Å². The Kier molecular flexibility index (Phi) is 4.32. The smallest absolute Gasteiger partial charge is 0.323 e. The molecule has 0 bridgehead atoms. The summed E-state index contributed by atoms with van der Waals surface area (Å²) in [6, 6.07) is 11.0. The first-order valence-corrected chi connectivity index (χ1v) is 10.3. The fourth-order valence-electron chi connectivity index (χ4n) is 3.65. The number of aryl methyl sites for hydroxylation is 2. The third-order valence-corrected chi connectivity index (χ3v) is 6.95. The molecule has 2 N–H and O–H groups in total. The number of fused-ring (bicyclic) bond motifs is 1. The quantitative estimate of drug-likeness (QED) is 0.720. The van der Waals surface area contributed by atoms with Crippen LogP contribution in [0, 0.1) is 13.8 Å². The van der Waals surface area contributed by atoms with Gasteiger partial charge in [-0.05, 0) is 43.7 Å². The number of nitrogens with zero attached hydrogens (tertiary/aromatic N) is 2. The summed E-state index contributed by atoms with van der Waals surface area (Å²) in [7, 11) is -3.60. The van der Waals surface area contributed by atoms with Crippen molar-refractivity contribution >= 4 is 26.7 Å². The molecule has 142 valence electrons. The largest absolute Gasteiger partial charge is 0.369 e. The molecule has 3 aromatic rings. The number of hydrogen-bond donors (Lipinski definition) is 2. The highest BCUT2D eigenvalue weighted by Gasteiger charge is 2.29. The van der Waals surface area contributed by atoms with E-state index >= 15 is 0 Å². The average Bonchev–Trinajstić information content (AvgIpc) is 3.01. The molecule has 8 heteroatoms. The average molecular weight is 386 g/mol. The number of aromatic nitrogens is 2. The number of H-pyrrole nitrogens is 2. The fraction of sp³-hybridized carbons (Fsp3) is 0.316. The maximum atomic E-state index is 13.0. The number of sulfonamides is 1. The molecular weight excluding hydrogens is 364 g/mol. The van der Waals surface area contributed by atoms with Crippen LogP contribution in [0.4, 0.5) is 5.69 Å². The van der Waals surface area contributed by atoms with E-state index in [1.807, 2.05) is 0 Å². The van der Waals surface area contributed by atoms with Crippen LogP contribution in [0.3, 0.4) is 0 Å². The molecule has 0 unspecified atom stereocenters. The molecule has 1 fully saturated rings. The lowest BCUT2D eigenvalue weighted by Crippen LogP contribution is -2.48. The molecule has 0 amide bonds. The predicted molar refractivity (Wildman–Crippen MR) is 106 cm³/mol. The van der Waals surface area contributed by atoms with Gasteiger partial charge in [0.05, 0.1) is 15.9 Å². The molecule has 7 nitrogen and oxygen atoms in total. The fourth-order valence-corrected chi connectivity index (χ4v) is 5.10. The lowest BCUT2D eigenvalue weighted by Gasteiger charge is -2.36. The Morgan fingerprint density at radius 3 is 2.30 bits per heavy atom. The zero-order chi connectivity index (χ0) is 19.2. The molecule has 0 saturated carbocycles. The molecule has 0 aliphatic carbocycles. The predicted octanol–water partition coefficient (Wildman–Crippen LogP) is 1.98. The lowest BCUT2D eigenvalue weighted by atomic mass is 10.1. The normalized spacial score (nSPS) is 16.1. The number of anilines is 1. The van der Waals surface area contributed by atoms with E-state index in [-0.39, 0.29) is 10.6 Å². The lowest BCUT2D eigenvalue weighted by molar-refractivity contribution is 0.385. The van der Waals surface area contributed by atoms with Gasteiger partial charge < -0.3 is 14.9 Å². The van der Waals surface area contributed by atoms with E-state index in [1.165, 1.54) is 27.6 Å². The summed E-state index contributed by atoms with van der Waals surface area (Å²) in [6.45, 7) is 6.29. The molecule has 2 heterocycles. The monoisotopic (exact) mass is 386 g/mol. The van der Waals surface area contributed by atoms with Gasteiger partial charge in [-0.25, -0.2) is 13.2 Å². The van der Waals surface area contributed by atoms with Gasteiger partial charge in [0.2, 0.25) is 10.0 Å². The molecule has 2 aromatic carbocycles. The summed E-state index contributed by atoms with van der Waals surface area (Å²) < 4.78 is 27.5. The van der Waals surface area contributed by atoms with E-state index in [1.54, 1.807) is 6.07 Å². The summed E-state index contributed by atoms with van der Waals surface area (Å²) in [4.78, 5) is 19.1. The van der Waals surface area contributed by atoms with Crippen molar-refractivity contribution in [2.45, 2.75) is 18.7 Å². The zero-order valence-corrected chi connectivity index (χ0v) is 16.1. The first kappa shape index (κ1) is 17.8. The summed E-state index contributed by atoms with van der Waals surface area (Å²) >= 11 is 0. The van der Waals surface area contributed by atoms with Crippen molar-refractivity contribution in [3.8, 4) is 0 Å². The van der Waals surface area contributed by atoms with Gasteiger partial charge in [0.15, 0.2) is 0 Å². The Labute approximate surface area is 157 Å². The summed E-state index contributed by atoms with van der Waals surface area (Å²) in [6.07, 6.45) is 0. The SMILES string of the molecule is Cc1ccc(N2CCN(S(=O)(=O)c3ccc4[nH]c(=O)[nH]c4c3)CC2)c(C)c1. The molecule has 1 aromatic heterocycles. The van der Waals surface area contributed by atoms with Crippen molar-refractivity contribution in [2.24, 2.45) is 0 Å². The highest BCUT2D eigenvalue weighted by Crippen LogP contribution is 2.25. The van der Waals surface area contributed by atoms with Gasteiger partial charge in [-0.1, -0.05) is 17.7 Å². The Balaban J connectivity index is 1.54. The molecule has 27 heavy (non-hydrogen) atoms. The van der Waals surface area contributed by atoms with Gasteiger partial charge >= 0.3 is 5.69 Å². The second-order valence-electron chi connectivity index (χ2n) is 6.97. The van der Waals surface area contributed by atoms with Gasteiger partial charge in [-0.2, -0.15) is 4.31 Å². The first-order chi connectivity index (χ1) is 12.8. The van der Waals surface area contributed by atoms with E-state index in [2.05, 4.69) is 46.9 Å². The number of nitrogens with one attached hydrogen (secondary N) is 2. The standard InChI is InChI=1S/C19H22N4O3S/c1-13-3-6-18(14(2)11-13)22-7-9-23(10-8-22)27(25,26)15-4-5-16-17(12-15)21-19(24)20-16/h3-6,11-12H,7-10H2,1-2H3,(H2,20,21,24). The van der Waals surface area contributed by atoms with E-state index in [0.717, 1.165) is 5.69 Å². The van der Waals surface area contributed by atoms with E-state index in [4.69, 9.17) is 0 Å². The van der Waals surface area contributed by atoms with Crippen LogP contribution in [0.15, 0.2) is 46.1 Å². The highest BCUT2D eigenvalue weighted by atomic mass is 32.2. The number of rotatable bonds is 3. The van der Waals surface area contributed by atoms with Crippen molar-refractivity contribution in [3.63, 3.8) is 0 Å². The molecule has 0 atom stereocenters. The van der Waals surface area contributed by atoms with E-state index in [9.17, 15) is 13.2 Å². The van der Waals surface area contributed by atoms with Crippen LogP contribution in [0.25, 0.3) is 11.0 Å². The van der Waals surface area contributed by atoms with Gasteiger partial charge in [0, 0.05) is 31.9 Å². The summed E-state index contributed by atoms with van der Waals surface area (Å²) in [5.74, 6) is 0. The Hall–Kier alpha value is -2.58. The number of piperazine rings is 1. The zero-order valence-electron chi connectivity index (χ0n) is 15.3. The van der Waals surface area contributed by atoms with Crippen LogP contribution >= 0.6 is 0 Å². The van der Waals surface area contributed by atoms with Crippen molar-refractivity contribution in [1.29, 1.82) is 0 Å². The number of hydrogen-bond acceptors (Lipinski definition) is 4.